The summed E-state index contributed by atoms with van der Waals surface area (Å²) in [5, 5.41) is 0. The molecule has 1 atom stereocenters. The van der Waals surface area contributed by atoms with Crippen LogP contribution < -0.4 is 5.73 Å². The summed E-state index contributed by atoms with van der Waals surface area (Å²) in [4.78, 5) is 14.0. The van der Waals surface area contributed by atoms with Crippen LogP contribution in [0.1, 0.15) is 39.5 Å². The monoisotopic (exact) mass is 212 g/mol. The van der Waals surface area contributed by atoms with Gasteiger partial charge in [0, 0.05) is 19.6 Å². The molecule has 1 rings (SSSR count). The number of rotatable bonds is 5. The zero-order valence-electron chi connectivity index (χ0n) is 10.2. The average Bonchev–Trinajstić information content (AvgIpc) is 2.09. The van der Waals surface area contributed by atoms with Crippen molar-refractivity contribution in [2.75, 3.05) is 13.6 Å². The fraction of sp³-hybridized carbons (Fsp3) is 0.917. The van der Waals surface area contributed by atoms with E-state index in [0.29, 0.717) is 18.5 Å². The maximum absolute atomic E-state index is 12.1. The van der Waals surface area contributed by atoms with Crippen molar-refractivity contribution in [1.82, 2.24) is 4.90 Å². The van der Waals surface area contributed by atoms with Crippen molar-refractivity contribution in [3.05, 3.63) is 0 Å². The molecule has 15 heavy (non-hydrogen) atoms. The summed E-state index contributed by atoms with van der Waals surface area (Å²) in [7, 11) is 1.93. The molecule has 0 aromatic rings. The van der Waals surface area contributed by atoms with Crippen LogP contribution in [0.4, 0.5) is 0 Å². The summed E-state index contributed by atoms with van der Waals surface area (Å²) in [5.74, 6) is 0.809. The quantitative estimate of drug-likeness (QED) is 0.752. The van der Waals surface area contributed by atoms with Crippen LogP contribution in [0.2, 0.25) is 0 Å². The zero-order chi connectivity index (χ0) is 11.4. The van der Waals surface area contributed by atoms with E-state index in [4.69, 9.17) is 5.73 Å². The van der Waals surface area contributed by atoms with Gasteiger partial charge in [-0.1, -0.05) is 13.8 Å². The molecule has 2 N–H and O–H groups in total. The summed E-state index contributed by atoms with van der Waals surface area (Å²) in [6.45, 7) is 4.76. The van der Waals surface area contributed by atoms with Gasteiger partial charge in [-0.2, -0.15) is 0 Å². The highest BCUT2D eigenvalue weighted by Gasteiger charge is 2.29. The third-order valence-corrected chi connectivity index (χ3v) is 3.36. The molecule has 0 spiro atoms. The second-order valence-electron chi connectivity index (χ2n) is 5.10. The predicted octanol–water partition coefficient (Wildman–Crippen LogP) is 1.62. The molecule has 3 nitrogen and oxygen atoms in total. The van der Waals surface area contributed by atoms with Gasteiger partial charge in [-0.05, 0) is 31.6 Å². The van der Waals surface area contributed by atoms with Crippen LogP contribution in [0.15, 0.2) is 0 Å². The summed E-state index contributed by atoms with van der Waals surface area (Å²) in [6.07, 6.45) is 4.51. The van der Waals surface area contributed by atoms with Crippen LogP contribution in [0.5, 0.6) is 0 Å². The molecule has 0 bridgehead atoms. The van der Waals surface area contributed by atoms with Gasteiger partial charge in [0.15, 0.2) is 0 Å². The second kappa shape index (κ2) is 5.50. The smallest absolute Gasteiger partial charge is 0.226 e. The van der Waals surface area contributed by atoms with Crippen LogP contribution in [-0.4, -0.2) is 30.4 Å². The van der Waals surface area contributed by atoms with Crippen molar-refractivity contribution >= 4 is 5.91 Å². The summed E-state index contributed by atoms with van der Waals surface area (Å²) in [6, 6.07) is 0.485. The zero-order valence-corrected chi connectivity index (χ0v) is 10.2. The number of carbonyl (C=O) groups is 1. The van der Waals surface area contributed by atoms with Gasteiger partial charge in [0.25, 0.3) is 0 Å². The maximum Gasteiger partial charge on any atom is 0.226 e. The molecule has 1 aliphatic carbocycles. The van der Waals surface area contributed by atoms with Crippen molar-refractivity contribution in [2.24, 2.45) is 17.6 Å². The first kappa shape index (κ1) is 12.5. The Morgan fingerprint density at radius 3 is 2.40 bits per heavy atom. The SMILES string of the molecule is CC(C)CC(CN)C(=O)N(C)C1CCC1. The van der Waals surface area contributed by atoms with Crippen molar-refractivity contribution in [1.29, 1.82) is 0 Å². The van der Waals surface area contributed by atoms with E-state index in [1.54, 1.807) is 0 Å². The first-order valence-corrected chi connectivity index (χ1v) is 6.03. The molecule has 1 unspecified atom stereocenters. The van der Waals surface area contributed by atoms with Crippen molar-refractivity contribution in [3.8, 4) is 0 Å². The number of amides is 1. The number of carbonyl (C=O) groups excluding carboxylic acids is 1. The van der Waals surface area contributed by atoms with Gasteiger partial charge in [0.2, 0.25) is 5.91 Å². The Bertz CT molecular complexity index is 212. The Morgan fingerprint density at radius 1 is 1.47 bits per heavy atom. The topological polar surface area (TPSA) is 46.3 Å². The van der Waals surface area contributed by atoms with E-state index in [0.717, 1.165) is 6.42 Å². The van der Waals surface area contributed by atoms with E-state index in [9.17, 15) is 4.79 Å². The summed E-state index contributed by atoms with van der Waals surface area (Å²) >= 11 is 0. The van der Waals surface area contributed by atoms with Gasteiger partial charge in [-0.25, -0.2) is 0 Å². The molecular formula is C12H24N2O. The molecule has 3 heteroatoms. The molecule has 1 amide bonds. The minimum Gasteiger partial charge on any atom is -0.342 e. The van der Waals surface area contributed by atoms with E-state index in [1.165, 1.54) is 19.3 Å². The molecule has 0 aromatic carbocycles. The molecule has 0 saturated heterocycles. The number of nitrogens with zero attached hydrogens (tertiary/aromatic N) is 1. The van der Waals surface area contributed by atoms with E-state index < -0.39 is 0 Å². The molecule has 1 aliphatic rings. The Morgan fingerprint density at radius 2 is 2.07 bits per heavy atom. The fourth-order valence-corrected chi connectivity index (χ4v) is 2.11. The molecular weight excluding hydrogens is 188 g/mol. The summed E-state index contributed by atoms with van der Waals surface area (Å²) in [5.41, 5.74) is 5.67. The minimum atomic E-state index is 0.0237. The Kier molecular flexibility index (Phi) is 4.58. The first-order chi connectivity index (χ1) is 7.06. The third kappa shape index (κ3) is 3.20. The van der Waals surface area contributed by atoms with Crippen LogP contribution in [0, 0.1) is 11.8 Å². The molecule has 88 valence electrons. The van der Waals surface area contributed by atoms with Crippen LogP contribution in [0.25, 0.3) is 0 Å². The van der Waals surface area contributed by atoms with Gasteiger partial charge >= 0.3 is 0 Å². The van der Waals surface area contributed by atoms with Crippen molar-refractivity contribution < 1.29 is 4.79 Å². The van der Waals surface area contributed by atoms with E-state index in [2.05, 4.69) is 13.8 Å². The van der Waals surface area contributed by atoms with Gasteiger partial charge in [0.05, 0.1) is 5.92 Å². The lowest BCUT2D eigenvalue weighted by molar-refractivity contribution is -0.138. The van der Waals surface area contributed by atoms with E-state index in [1.807, 2.05) is 11.9 Å². The normalized spacial score (nSPS) is 18.7. The largest absolute Gasteiger partial charge is 0.342 e. The molecule has 1 fully saturated rings. The summed E-state index contributed by atoms with van der Waals surface area (Å²) < 4.78 is 0. The predicted molar refractivity (Wildman–Crippen MR) is 62.4 cm³/mol. The van der Waals surface area contributed by atoms with Gasteiger partial charge in [0.1, 0.15) is 0 Å². The van der Waals surface area contributed by atoms with Gasteiger partial charge in [-0.15, -0.1) is 0 Å². The molecule has 0 radical (unpaired) electrons. The second-order valence-corrected chi connectivity index (χ2v) is 5.10. The van der Waals surface area contributed by atoms with Crippen LogP contribution in [0.3, 0.4) is 0 Å². The maximum atomic E-state index is 12.1. The lowest BCUT2D eigenvalue weighted by Crippen LogP contribution is -2.46. The lowest BCUT2D eigenvalue weighted by atomic mass is 9.89. The van der Waals surface area contributed by atoms with E-state index in [-0.39, 0.29) is 11.8 Å². The van der Waals surface area contributed by atoms with Gasteiger partial charge in [-0.3, -0.25) is 4.79 Å². The third-order valence-electron chi connectivity index (χ3n) is 3.36. The molecule has 0 aliphatic heterocycles. The van der Waals surface area contributed by atoms with Crippen LogP contribution >= 0.6 is 0 Å². The molecule has 1 saturated carbocycles. The number of hydrogen-bond donors (Lipinski definition) is 1. The van der Waals surface area contributed by atoms with Crippen molar-refractivity contribution in [3.63, 3.8) is 0 Å². The minimum absolute atomic E-state index is 0.0237. The Balaban J connectivity index is 2.47. The first-order valence-electron chi connectivity index (χ1n) is 6.03. The average molecular weight is 212 g/mol. The number of nitrogens with two attached hydrogens (primary N) is 1. The Hall–Kier alpha value is -0.570. The van der Waals surface area contributed by atoms with Crippen molar-refractivity contribution in [2.45, 2.75) is 45.6 Å². The Labute approximate surface area is 93.0 Å². The van der Waals surface area contributed by atoms with Crippen LogP contribution in [-0.2, 0) is 4.79 Å². The van der Waals surface area contributed by atoms with E-state index >= 15 is 0 Å². The standard InChI is InChI=1S/C12H24N2O/c1-9(2)7-10(8-13)12(15)14(3)11-5-4-6-11/h9-11H,4-8,13H2,1-3H3. The lowest BCUT2D eigenvalue weighted by Gasteiger charge is -2.36. The highest BCUT2D eigenvalue weighted by molar-refractivity contribution is 5.79. The fourth-order valence-electron chi connectivity index (χ4n) is 2.11. The number of hydrogen-bond acceptors (Lipinski definition) is 2. The molecule has 0 heterocycles. The van der Waals surface area contributed by atoms with Gasteiger partial charge < -0.3 is 10.6 Å². The highest BCUT2D eigenvalue weighted by atomic mass is 16.2. The highest BCUT2D eigenvalue weighted by Crippen LogP contribution is 2.25. The molecule has 0 aromatic heterocycles.